The van der Waals surface area contributed by atoms with E-state index in [0.29, 0.717) is 0 Å². The van der Waals surface area contributed by atoms with Gasteiger partial charge in [0.25, 0.3) is 0 Å². The van der Waals surface area contributed by atoms with E-state index in [0.717, 1.165) is 24.2 Å². The van der Waals surface area contributed by atoms with Gasteiger partial charge < -0.3 is 9.72 Å². The van der Waals surface area contributed by atoms with E-state index in [4.69, 9.17) is 4.74 Å². The Bertz CT molecular complexity index is 434. The van der Waals surface area contributed by atoms with Crippen molar-refractivity contribution in [2.45, 2.75) is 19.8 Å². The minimum absolute atomic E-state index is 0.814. The SMILES string of the molecule is CCCc1c[nH]c2ncc(OC)cc12. The van der Waals surface area contributed by atoms with E-state index >= 15 is 0 Å². The molecule has 14 heavy (non-hydrogen) atoms. The number of aromatic nitrogens is 2. The molecule has 3 heteroatoms. The molecule has 0 amide bonds. The number of aromatic amines is 1. The van der Waals surface area contributed by atoms with Gasteiger partial charge in [-0.15, -0.1) is 0 Å². The zero-order chi connectivity index (χ0) is 9.97. The van der Waals surface area contributed by atoms with E-state index in [1.165, 1.54) is 10.9 Å². The highest BCUT2D eigenvalue weighted by Crippen LogP contribution is 2.22. The van der Waals surface area contributed by atoms with Crippen LogP contribution in [0.5, 0.6) is 5.75 Å². The minimum Gasteiger partial charge on any atom is -0.495 e. The van der Waals surface area contributed by atoms with Gasteiger partial charge in [-0.25, -0.2) is 4.98 Å². The van der Waals surface area contributed by atoms with E-state index in [1.807, 2.05) is 12.3 Å². The Labute approximate surface area is 83.1 Å². The van der Waals surface area contributed by atoms with Gasteiger partial charge in [-0.3, -0.25) is 0 Å². The summed E-state index contributed by atoms with van der Waals surface area (Å²) in [6.45, 7) is 2.17. The van der Waals surface area contributed by atoms with Crippen LogP contribution in [-0.2, 0) is 6.42 Å². The second-order valence-electron chi connectivity index (χ2n) is 3.34. The van der Waals surface area contributed by atoms with Crippen molar-refractivity contribution in [1.82, 2.24) is 9.97 Å². The van der Waals surface area contributed by atoms with Gasteiger partial charge in [0.2, 0.25) is 0 Å². The first-order valence-electron chi connectivity index (χ1n) is 4.85. The lowest BCUT2D eigenvalue weighted by Gasteiger charge is -1.99. The molecule has 0 radical (unpaired) electrons. The van der Waals surface area contributed by atoms with Crippen LogP contribution in [-0.4, -0.2) is 17.1 Å². The highest BCUT2D eigenvalue weighted by Gasteiger charge is 2.04. The standard InChI is InChI=1S/C11H14N2O/c1-3-4-8-6-12-11-10(8)5-9(14-2)7-13-11/h5-7H,3-4H2,1-2H3,(H,12,13). The summed E-state index contributed by atoms with van der Waals surface area (Å²) in [7, 11) is 1.66. The summed E-state index contributed by atoms with van der Waals surface area (Å²) in [5.74, 6) is 0.814. The molecule has 74 valence electrons. The molecule has 2 aromatic heterocycles. The molecule has 2 heterocycles. The molecule has 0 spiro atoms. The van der Waals surface area contributed by atoms with Gasteiger partial charge >= 0.3 is 0 Å². The quantitative estimate of drug-likeness (QED) is 0.807. The normalized spacial score (nSPS) is 10.7. The van der Waals surface area contributed by atoms with Gasteiger partial charge in [0.1, 0.15) is 11.4 Å². The van der Waals surface area contributed by atoms with E-state index < -0.39 is 0 Å². The van der Waals surface area contributed by atoms with E-state index in [1.54, 1.807) is 13.3 Å². The summed E-state index contributed by atoms with van der Waals surface area (Å²) in [5.41, 5.74) is 2.25. The van der Waals surface area contributed by atoms with Crippen molar-refractivity contribution >= 4 is 11.0 Å². The lowest BCUT2D eigenvalue weighted by molar-refractivity contribution is 0.413. The number of methoxy groups -OCH3 is 1. The van der Waals surface area contributed by atoms with Crippen molar-refractivity contribution in [2.24, 2.45) is 0 Å². The molecule has 0 saturated heterocycles. The maximum atomic E-state index is 5.15. The van der Waals surface area contributed by atoms with E-state index in [2.05, 4.69) is 16.9 Å². The molecule has 0 aliphatic heterocycles. The average Bonchev–Trinajstić information content (AvgIpc) is 2.61. The Kier molecular flexibility index (Phi) is 2.39. The van der Waals surface area contributed by atoms with Gasteiger partial charge in [0.15, 0.2) is 0 Å². The molecule has 1 N–H and O–H groups in total. The van der Waals surface area contributed by atoms with Crippen molar-refractivity contribution in [3.63, 3.8) is 0 Å². The van der Waals surface area contributed by atoms with Crippen LogP contribution in [0, 0.1) is 0 Å². The Hall–Kier alpha value is -1.51. The highest BCUT2D eigenvalue weighted by molar-refractivity contribution is 5.80. The highest BCUT2D eigenvalue weighted by atomic mass is 16.5. The van der Waals surface area contributed by atoms with Gasteiger partial charge in [-0.1, -0.05) is 13.3 Å². The summed E-state index contributed by atoms with van der Waals surface area (Å²) in [6, 6.07) is 2.03. The second kappa shape index (κ2) is 3.70. The third-order valence-corrected chi connectivity index (χ3v) is 2.35. The van der Waals surface area contributed by atoms with Crippen molar-refractivity contribution < 1.29 is 4.74 Å². The first-order valence-corrected chi connectivity index (χ1v) is 4.85. The maximum Gasteiger partial charge on any atom is 0.137 e. The zero-order valence-corrected chi connectivity index (χ0v) is 8.50. The summed E-state index contributed by atoms with van der Waals surface area (Å²) in [6.07, 6.45) is 5.98. The molecule has 2 aromatic rings. The topological polar surface area (TPSA) is 37.9 Å². The van der Waals surface area contributed by atoms with Gasteiger partial charge in [0, 0.05) is 11.6 Å². The van der Waals surface area contributed by atoms with Gasteiger partial charge in [-0.05, 0) is 18.1 Å². The molecule has 0 aliphatic rings. The van der Waals surface area contributed by atoms with E-state index in [9.17, 15) is 0 Å². The van der Waals surface area contributed by atoms with Crippen LogP contribution in [0.4, 0.5) is 0 Å². The molecule has 0 bridgehead atoms. The van der Waals surface area contributed by atoms with Crippen molar-refractivity contribution in [3.05, 3.63) is 24.0 Å². The summed E-state index contributed by atoms with van der Waals surface area (Å²) in [4.78, 5) is 7.43. The van der Waals surface area contributed by atoms with Crippen molar-refractivity contribution in [2.75, 3.05) is 7.11 Å². The first kappa shape index (κ1) is 9.06. The summed E-state index contributed by atoms with van der Waals surface area (Å²) in [5, 5.41) is 1.17. The number of hydrogen-bond donors (Lipinski definition) is 1. The third-order valence-electron chi connectivity index (χ3n) is 2.35. The Morgan fingerprint density at radius 1 is 1.50 bits per heavy atom. The van der Waals surface area contributed by atoms with Crippen molar-refractivity contribution in [3.8, 4) is 5.75 Å². The fraction of sp³-hybridized carbons (Fsp3) is 0.364. The Morgan fingerprint density at radius 3 is 3.07 bits per heavy atom. The van der Waals surface area contributed by atoms with Crippen LogP contribution in [0.3, 0.4) is 0 Å². The number of hydrogen-bond acceptors (Lipinski definition) is 2. The van der Waals surface area contributed by atoms with E-state index in [-0.39, 0.29) is 0 Å². The second-order valence-corrected chi connectivity index (χ2v) is 3.34. The van der Waals surface area contributed by atoms with Crippen LogP contribution in [0.25, 0.3) is 11.0 Å². The number of pyridine rings is 1. The fourth-order valence-electron chi connectivity index (χ4n) is 1.63. The van der Waals surface area contributed by atoms with Crippen molar-refractivity contribution in [1.29, 1.82) is 0 Å². The van der Waals surface area contributed by atoms with Crippen LogP contribution in [0.15, 0.2) is 18.5 Å². The fourth-order valence-corrected chi connectivity index (χ4v) is 1.63. The largest absolute Gasteiger partial charge is 0.495 e. The molecule has 0 fully saturated rings. The predicted octanol–water partition coefficient (Wildman–Crippen LogP) is 2.52. The monoisotopic (exact) mass is 190 g/mol. The molecule has 2 rings (SSSR count). The lowest BCUT2D eigenvalue weighted by atomic mass is 10.1. The average molecular weight is 190 g/mol. The molecule has 0 aromatic carbocycles. The number of nitrogens with zero attached hydrogens (tertiary/aromatic N) is 1. The third kappa shape index (κ3) is 1.45. The molecule has 3 nitrogen and oxygen atoms in total. The Balaban J connectivity index is 2.52. The molecular weight excluding hydrogens is 176 g/mol. The van der Waals surface area contributed by atoms with Crippen LogP contribution >= 0.6 is 0 Å². The maximum absolute atomic E-state index is 5.15. The molecule has 0 saturated carbocycles. The molecular formula is C11H14N2O. The number of aryl methyl sites for hydroxylation is 1. The number of rotatable bonds is 3. The van der Waals surface area contributed by atoms with Crippen LogP contribution < -0.4 is 4.74 Å². The van der Waals surface area contributed by atoms with Gasteiger partial charge in [0.05, 0.1) is 13.3 Å². The summed E-state index contributed by atoms with van der Waals surface area (Å²) >= 11 is 0. The zero-order valence-electron chi connectivity index (χ0n) is 8.50. The number of H-pyrrole nitrogens is 1. The van der Waals surface area contributed by atoms with Gasteiger partial charge in [-0.2, -0.15) is 0 Å². The number of ether oxygens (including phenoxy) is 1. The molecule has 0 unspecified atom stereocenters. The molecule has 0 aliphatic carbocycles. The lowest BCUT2D eigenvalue weighted by Crippen LogP contribution is -1.85. The van der Waals surface area contributed by atoms with Crippen LogP contribution in [0.2, 0.25) is 0 Å². The summed E-state index contributed by atoms with van der Waals surface area (Å²) < 4.78 is 5.15. The predicted molar refractivity (Wildman–Crippen MR) is 56.6 cm³/mol. The van der Waals surface area contributed by atoms with Crippen LogP contribution in [0.1, 0.15) is 18.9 Å². The first-order chi connectivity index (χ1) is 6.85. The number of nitrogens with one attached hydrogen (secondary N) is 1. The minimum atomic E-state index is 0.814. The Morgan fingerprint density at radius 2 is 2.36 bits per heavy atom. The number of fused-ring (bicyclic) bond motifs is 1. The smallest absolute Gasteiger partial charge is 0.137 e. The molecule has 0 atom stereocenters.